The number of ether oxygens (including phenoxy) is 1. The van der Waals surface area contributed by atoms with Crippen molar-refractivity contribution in [3.05, 3.63) is 35.4 Å². The molecule has 1 aromatic rings. The Morgan fingerprint density at radius 1 is 1.44 bits per heavy atom. The van der Waals surface area contributed by atoms with Crippen LogP contribution in [0.2, 0.25) is 0 Å². The molecule has 1 N–H and O–H groups in total. The summed E-state index contributed by atoms with van der Waals surface area (Å²) in [4.78, 5) is 11.1. The molecule has 1 unspecified atom stereocenters. The largest absolute Gasteiger partial charge is 0.466 e. The molecule has 1 aliphatic rings. The number of esters is 1. The van der Waals surface area contributed by atoms with Crippen LogP contribution in [-0.2, 0) is 16.0 Å². The van der Waals surface area contributed by atoms with Crippen molar-refractivity contribution < 1.29 is 9.53 Å². The van der Waals surface area contributed by atoms with Gasteiger partial charge in [-0.1, -0.05) is 24.3 Å². The zero-order chi connectivity index (χ0) is 12.8. The third kappa shape index (κ3) is 3.33. The van der Waals surface area contributed by atoms with Crippen LogP contribution in [-0.4, -0.2) is 25.7 Å². The van der Waals surface area contributed by atoms with E-state index in [1.165, 1.54) is 17.5 Å². The number of rotatable bonds is 7. The maximum absolute atomic E-state index is 11.1. The van der Waals surface area contributed by atoms with Crippen molar-refractivity contribution in [2.75, 3.05) is 19.7 Å². The molecule has 0 saturated heterocycles. The Morgan fingerprint density at radius 2 is 2.28 bits per heavy atom. The average molecular weight is 247 g/mol. The first-order valence-electron chi connectivity index (χ1n) is 6.75. The molecule has 3 nitrogen and oxygen atoms in total. The van der Waals surface area contributed by atoms with Gasteiger partial charge in [0.15, 0.2) is 0 Å². The van der Waals surface area contributed by atoms with Crippen molar-refractivity contribution in [1.29, 1.82) is 0 Å². The van der Waals surface area contributed by atoms with Crippen molar-refractivity contribution in [3.63, 3.8) is 0 Å². The fourth-order valence-electron chi connectivity index (χ4n) is 2.41. The van der Waals surface area contributed by atoms with Crippen LogP contribution in [0, 0.1) is 0 Å². The van der Waals surface area contributed by atoms with E-state index in [1.807, 2.05) is 6.92 Å². The molecule has 0 fully saturated rings. The van der Waals surface area contributed by atoms with Crippen LogP contribution in [0.1, 0.15) is 36.8 Å². The van der Waals surface area contributed by atoms with E-state index in [2.05, 4.69) is 29.6 Å². The summed E-state index contributed by atoms with van der Waals surface area (Å²) in [6, 6.07) is 8.62. The topological polar surface area (TPSA) is 38.3 Å². The number of carbonyl (C=O) groups excluding carboxylic acids is 1. The molecule has 0 saturated carbocycles. The summed E-state index contributed by atoms with van der Waals surface area (Å²) in [5.74, 6) is 0.567. The van der Waals surface area contributed by atoms with Crippen LogP contribution in [0.3, 0.4) is 0 Å². The zero-order valence-electron chi connectivity index (χ0n) is 10.9. The second-order valence-electron chi connectivity index (χ2n) is 4.71. The monoisotopic (exact) mass is 247 g/mol. The van der Waals surface area contributed by atoms with E-state index in [0.29, 0.717) is 18.9 Å². The smallest absolute Gasteiger partial charge is 0.305 e. The van der Waals surface area contributed by atoms with E-state index in [1.54, 1.807) is 0 Å². The van der Waals surface area contributed by atoms with Crippen molar-refractivity contribution >= 4 is 5.97 Å². The van der Waals surface area contributed by atoms with Gasteiger partial charge >= 0.3 is 5.97 Å². The lowest BCUT2D eigenvalue weighted by molar-refractivity contribution is -0.143. The highest BCUT2D eigenvalue weighted by Gasteiger charge is 2.24. The Labute approximate surface area is 109 Å². The molecule has 0 bridgehead atoms. The Hall–Kier alpha value is -1.35. The molecule has 98 valence electrons. The Bertz CT molecular complexity index is 403. The maximum Gasteiger partial charge on any atom is 0.305 e. The van der Waals surface area contributed by atoms with Crippen molar-refractivity contribution in [2.24, 2.45) is 0 Å². The van der Waals surface area contributed by atoms with E-state index in [9.17, 15) is 4.79 Å². The molecule has 1 atom stereocenters. The lowest BCUT2D eigenvalue weighted by Crippen LogP contribution is -2.29. The number of hydrogen-bond acceptors (Lipinski definition) is 3. The normalized spacial score (nSPS) is 16.8. The Balaban J connectivity index is 1.57. The third-order valence-corrected chi connectivity index (χ3v) is 3.39. The molecular weight excluding hydrogens is 226 g/mol. The fraction of sp³-hybridized carbons (Fsp3) is 0.533. The lowest BCUT2D eigenvalue weighted by atomic mass is 9.77. The molecular formula is C15H21NO2. The van der Waals surface area contributed by atoms with Crippen LogP contribution in [0.15, 0.2) is 24.3 Å². The molecule has 0 aromatic heterocycles. The minimum absolute atomic E-state index is 0.0895. The summed E-state index contributed by atoms with van der Waals surface area (Å²) in [6.07, 6.45) is 2.55. The van der Waals surface area contributed by atoms with Crippen molar-refractivity contribution in [3.8, 4) is 0 Å². The standard InChI is InChI=1S/C15H21NO2/c1-2-18-15(17)8-5-9-16-11-13-10-12-6-3-4-7-14(12)13/h3-4,6-7,13,16H,2,5,8-11H2,1H3. The van der Waals surface area contributed by atoms with Crippen molar-refractivity contribution in [1.82, 2.24) is 5.32 Å². The fourth-order valence-corrected chi connectivity index (χ4v) is 2.41. The summed E-state index contributed by atoms with van der Waals surface area (Å²) in [5.41, 5.74) is 2.96. The number of nitrogens with one attached hydrogen (secondary N) is 1. The molecule has 0 amide bonds. The quantitative estimate of drug-likeness (QED) is 0.593. The number of hydrogen-bond donors (Lipinski definition) is 1. The van der Waals surface area contributed by atoms with Gasteiger partial charge in [0.05, 0.1) is 6.61 Å². The number of carbonyl (C=O) groups is 1. The summed E-state index contributed by atoms with van der Waals surface area (Å²) in [6.45, 7) is 4.21. The molecule has 0 heterocycles. The lowest BCUT2D eigenvalue weighted by Gasteiger charge is -2.30. The summed E-state index contributed by atoms with van der Waals surface area (Å²) in [7, 11) is 0. The molecule has 1 aromatic carbocycles. The number of benzene rings is 1. The van der Waals surface area contributed by atoms with Crippen LogP contribution in [0.5, 0.6) is 0 Å². The molecule has 0 spiro atoms. The third-order valence-electron chi connectivity index (χ3n) is 3.39. The minimum atomic E-state index is -0.0895. The summed E-state index contributed by atoms with van der Waals surface area (Å²) >= 11 is 0. The highest BCUT2D eigenvalue weighted by Crippen LogP contribution is 2.33. The highest BCUT2D eigenvalue weighted by atomic mass is 16.5. The number of fused-ring (bicyclic) bond motifs is 1. The van der Waals surface area contributed by atoms with Gasteiger partial charge in [-0.25, -0.2) is 0 Å². The molecule has 2 rings (SSSR count). The molecule has 1 aliphatic carbocycles. The predicted molar refractivity (Wildman–Crippen MR) is 71.6 cm³/mol. The molecule has 3 heteroatoms. The highest BCUT2D eigenvalue weighted by molar-refractivity contribution is 5.69. The van der Waals surface area contributed by atoms with Crippen LogP contribution in [0.4, 0.5) is 0 Å². The molecule has 0 radical (unpaired) electrons. The molecule has 18 heavy (non-hydrogen) atoms. The van der Waals surface area contributed by atoms with Gasteiger partial charge in [0.2, 0.25) is 0 Å². The predicted octanol–water partition coefficient (Wildman–Crippen LogP) is 2.26. The van der Waals surface area contributed by atoms with E-state index in [4.69, 9.17) is 4.74 Å². The van der Waals surface area contributed by atoms with Gasteiger partial charge in [0.25, 0.3) is 0 Å². The van der Waals surface area contributed by atoms with Crippen LogP contribution < -0.4 is 5.32 Å². The van der Waals surface area contributed by atoms with Gasteiger partial charge in [0.1, 0.15) is 0 Å². The van der Waals surface area contributed by atoms with Gasteiger partial charge < -0.3 is 10.1 Å². The zero-order valence-corrected chi connectivity index (χ0v) is 10.9. The van der Waals surface area contributed by atoms with E-state index < -0.39 is 0 Å². The van der Waals surface area contributed by atoms with Gasteiger partial charge in [-0.2, -0.15) is 0 Å². The Morgan fingerprint density at radius 3 is 3.06 bits per heavy atom. The van der Waals surface area contributed by atoms with E-state index in [0.717, 1.165) is 19.5 Å². The molecule has 0 aliphatic heterocycles. The SMILES string of the molecule is CCOC(=O)CCCNCC1Cc2ccccc21. The van der Waals surface area contributed by atoms with E-state index >= 15 is 0 Å². The second kappa shape index (κ2) is 6.55. The van der Waals surface area contributed by atoms with Gasteiger partial charge in [-0.05, 0) is 37.4 Å². The first-order valence-corrected chi connectivity index (χ1v) is 6.75. The second-order valence-corrected chi connectivity index (χ2v) is 4.71. The summed E-state index contributed by atoms with van der Waals surface area (Å²) in [5, 5.41) is 3.42. The van der Waals surface area contributed by atoms with Crippen molar-refractivity contribution in [2.45, 2.75) is 32.1 Å². The Kier molecular flexibility index (Phi) is 4.76. The van der Waals surface area contributed by atoms with Crippen LogP contribution in [0.25, 0.3) is 0 Å². The van der Waals surface area contributed by atoms with Gasteiger partial charge in [-0.15, -0.1) is 0 Å². The van der Waals surface area contributed by atoms with Gasteiger partial charge in [0, 0.05) is 18.9 Å². The first-order chi connectivity index (χ1) is 8.81. The minimum Gasteiger partial charge on any atom is -0.466 e. The maximum atomic E-state index is 11.1. The van der Waals surface area contributed by atoms with Gasteiger partial charge in [-0.3, -0.25) is 4.79 Å². The van der Waals surface area contributed by atoms with E-state index in [-0.39, 0.29) is 5.97 Å². The van der Waals surface area contributed by atoms with Crippen LogP contribution >= 0.6 is 0 Å². The average Bonchev–Trinajstić information content (AvgIpc) is 2.34. The summed E-state index contributed by atoms with van der Waals surface area (Å²) < 4.78 is 4.88. The first kappa shape index (κ1) is 13.1.